The van der Waals surface area contributed by atoms with Gasteiger partial charge in [0.15, 0.2) is 0 Å². The molecule has 5 nitrogen and oxygen atoms in total. The molecule has 1 fully saturated rings. The number of nitrogens with one attached hydrogen (secondary N) is 1. The number of aromatic nitrogens is 2. The molecular weight excluding hydrogens is 288 g/mol. The second-order valence-electron chi connectivity index (χ2n) is 6.48. The Balaban J connectivity index is 1.83. The van der Waals surface area contributed by atoms with Crippen LogP contribution in [0.5, 0.6) is 5.75 Å². The molecule has 0 spiro atoms. The number of anilines is 1. The Kier molecular flexibility index (Phi) is 4.48. The zero-order chi connectivity index (χ0) is 16.4. The van der Waals surface area contributed by atoms with E-state index in [-0.39, 0.29) is 5.75 Å². The maximum Gasteiger partial charge on any atom is 0.149 e. The molecule has 122 valence electrons. The second-order valence-corrected chi connectivity index (χ2v) is 6.48. The molecule has 1 aromatic heterocycles. The van der Waals surface area contributed by atoms with Gasteiger partial charge in [-0.05, 0) is 63.5 Å². The van der Waals surface area contributed by atoms with Crippen LogP contribution in [0.2, 0.25) is 0 Å². The highest BCUT2D eigenvalue weighted by Crippen LogP contribution is 2.33. The zero-order valence-corrected chi connectivity index (χ0v) is 14.0. The minimum atomic E-state index is 0.247. The van der Waals surface area contributed by atoms with Crippen molar-refractivity contribution in [1.29, 1.82) is 0 Å². The molecule has 0 aliphatic carbocycles. The molecule has 1 atom stereocenters. The second kappa shape index (κ2) is 6.54. The standard InChI is InChI=1S/C18H24N4O/c1-12-6-4-8-15(23)17(12)18-13(2)10-16(20-21-18)19-14-7-5-9-22(3)11-14/h4,6,8,10,14,23H,5,7,9,11H2,1-3H3,(H,19,20)/t14-/m1/s1. The molecule has 2 aromatic rings. The first-order valence-electron chi connectivity index (χ1n) is 8.13. The van der Waals surface area contributed by atoms with E-state index in [2.05, 4.69) is 27.5 Å². The average Bonchev–Trinajstić information content (AvgIpc) is 2.49. The van der Waals surface area contributed by atoms with Crippen molar-refractivity contribution >= 4 is 5.82 Å². The van der Waals surface area contributed by atoms with Gasteiger partial charge in [0.05, 0.1) is 5.69 Å². The number of aryl methyl sites for hydroxylation is 2. The van der Waals surface area contributed by atoms with Crippen LogP contribution in [0.1, 0.15) is 24.0 Å². The van der Waals surface area contributed by atoms with Crippen molar-refractivity contribution in [2.75, 3.05) is 25.5 Å². The summed E-state index contributed by atoms with van der Waals surface area (Å²) in [5.41, 5.74) is 3.52. The van der Waals surface area contributed by atoms with Gasteiger partial charge in [0.25, 0.3) is 0 Å². The fourth-order valence-corrected chi connectivity index (χ4v) is 3.26. The monoisotopic (exact) mass is 312 g/mol. The fraction of sp³-hybridized carbons (Fsp3) is 0.444. The van der Waals surface area contributed by atoms with Crippen molar-refractivity contribution in [2.45, 2.75) is 32.7 Å². The number of hydrogen-bond donors (Lipinski definition) is 2. The molecule has 23 heavy (non-hydrogen) atoms. The highest BCUT2D eigenvalue weighted by atomic mass is 16.3. The van der Waals surface area contributed by atoms with Gasteiger partial charge in [-0.3, -0.25) is 0 Å². The third-order valence-electron chi connectivity index (χ3n) is 4.45. The summed E-state index contributed by atoms with van der Waals surface area (Å²) in [6.45, 7) is 6.17. The fourth-order valence-electron chi connectivity index (χ4n) is 3.26. The molecule has 1 saturated heterocycles. The first kappa shape index (κ1) is 15.7. The number of benzene rings is 1. The minimum absolute atomic E-state index is 0.247. The molecule has 0 amide bonds. The predicted octanol–water partition coefficient (Wildman–Crippen LogP) is 2.97. The van der Waals surface area contributed by atoms with Gasteiger partial charge in [0, 0.05) is 18.2 Å². The summed E-state index contributed by atoms with van der Waals surface area (Å²) in [4.78, 5) is 2.33. The molecule has 2 N–H and O–H groups in total. The lowest BCUT2D eigenvalue weighted by atomic mass is 10.0. The summed E-state index contributed by atoms with van der Waals surface area (Å²) in [7, 11) is 2.15. The van der Waals surface area contributed by atoms with E-state index in [9.17, 15) is 5.11 Å². The number of likely N-dealkylation sites (N-methyl/N-ethyl adjacent to an activating group) is 1. The first-order chi connectivity index (χ1) is 11.0. The summed E-state index contributed by atoms with van der Waals surface area (Å²) < 4.78 is 0. The van der Waals surface area contributed by atoms with Crippen LogP contribution in [0.25, 0.3) is 11.3 Å². The van der Waals surface area contributed by atoms with Gasteiger partial charge >= 0.3 is 0 Å². The summed E-state index contributed by atoms with van der Waals surface area (Å²) in [5.74, 6) is 1.05. The minimum Gasteiger partial charge on any atom is -0.507 e. The van der Waals surface area contributed by atoms with Crippen LogP contribution >= 0.6 is 0 Å². The molecule has 0 unspecified atom stereocenters. The highest BCUT2D eigenvalue weighted by molar-refractivity contribution is 5.73. The van der Waals surface area contributed by atoms with Crippen molar-refractivity contribution in [3.8, 4) is 17.0 Å². The van der Waals surface area contributed by atoms with Gasteiger partial charge < -0.3 is 15.3 Å². The van der Waals surface area contributed by atoms with Crippen LogP contribution in [0.15, 0.2) is 24.3 Å². The molecule has 0 saturated carbocycles. The summed E-state index contributed by atoms with van der Waals surface area (Å²) in [6.07, 6.45) is 2.36. The van der Waals surface area contributed by atoms with Crippen LogP contribution in [0.3, 0.4) is 0 Å². The molecule has 1 aliphatic heterocycles. The van der Waals surface area contributed by atoms with Crippen molar-refractivity contribution in [1.82, 2.24) is 15.1 Å². The lowest BCUT2D eigenvalue weighted by Gasteiger charge is -2.30. The molecule has 5 heteroatoms. The molecule has 1 aromatic carbocycles. The maximum absolute atomic E-state index is 10.1. The van der Waals surface area contributed by atoms with Gasteiger partial charge in [0.1, 0.15) is 11.6 Å². The highest BCUT2D eigenvalue weighted by Gasteiger charge is 2.18. The Bertz CT molecular complexity index is 681. The SMILES string of the molecule is Cc1cc(N[C@@H]2CCCN(C)C2)nnc1-c1c(C)cccc1O. The number of piperidine rings is 1. The summed E-state index contributed by atoms with van der Waals surface area (Å²) in [5, 5.41) is 22.3. The van der Waals surface area contributed by atoms with E-state index >= 15 is 0 Å². The molecule has 0 bridgehead atoms. The van der Waals surface area contributed by atoms with Crippen molar-refractivity contribution in [2.24, 2.45) is 0 Å². The van der Waals surface area contributed by atoms with Gasteiger partial charge in [0.2, 0.25) is 0 Å². The topological polar surface area (TPSA) is 61.3 Å². The lowest BCUT2D eigenvalue weighted by molar-refractivity contribution is 0.260. The van der Waals surface area contributed by atoms with Gasteiger partial charge in [-0.1, -0.05) is 12.1 Å². The maximum atomic E-state index is 10.1. The Labute approximate surface area is 137 Å². The summed E-state index contributed by atoms with van der Waals surface area (Å²) in [6, 6.07) is 7.93. The Morgan fingerprint density at radius 2 is 2.04 bits per heavy atom. The Morgan fingerprint density at radius 1 is 1.22 bits per heavy atom. The van der Waals surface area contributed by atoms with E-state index in [4.69, 9.17) is 0 Å². The summed E-state index contributed by atoms with van der Waals surface area (Å²) >= 11 is 0. The number of likely N-dealkylation sites (tertiary alicyclic amines) is 1. The van der Waals surface area contributed by atoms with Crippen LogP contribution in [0.4, 0.5) is 5.82 Å². The van der Waals surface area contributed by atoms with Crippen molar-refractivity contribution < 1.29 is 5.11 Å². The Morgan fingerprint density at radius 3 is 2.74 bits per heavy atom. The zero-order valence-electron chi connectivity index (χ0n) is 14.0. The van der Waals surface area contributed by atoms with E-state index in [1.807, 2.05) is 32.0 Å². The van der Waals surface area contributed by atoms with Crippen molar-refractivity contribution in [3.05, 3.63) is 35.4 Å². The average molecular weight is 312 g/mol. The largest absolute Gasteiger partial charge is 0.507 e. The van der Waals surface area contributed by atoms with E-state index < -0.39 is 0 Å². The molecule has 3 rings (SSSR count). The normalized spacial score (nSPS) is 18.8. The molecule has 0 radical (unpaired) electrons. The number of phenols is 1. The van der Waals surface area contributed by atoms with Crippen LogP contribution in [-0.4, -0.2) is 46.4 Å². The van der Waals surface area contributed by atoms with Gasteiger partial charge in [-0.2, -0.15) is 0 Å². The smallest absolute Gasteiger partial charge is 0.149 e. The van der Waals surface area contributed by atoms with Crippen LogP contribution in [-0.2, 0) is 0 Å². The third-order valence-corrected chi connectivity index (χ3v) is 4.45. The van der Waals surface area contributed by atoms with Crippen molar-refractivity contribution in [3.63, 3.8) is 0 Å². The number of rotatable bonds is 3. The number of hydrogen-bond acceptors (Lipinski definition) is 5. The van der Waals surface area contributed by atoms with Crippen LogP contribution in [0, 0.1) is 13.8 Å². The third kappa shape index (κ3) is 3.45. The van der Waals surface area contributed by atoms with E-state index in [0.29, 0.717) is 6.04 Å². The van der Waals surface area contributed by atoms with E-state index in [0.717, 1.165) is 47.7 Å². The van der Waals surface area contributed by atoms with Gasteiger partial charge in [-0.15, -0.1) is 10.2 Å². The van der Waals surface area contributed by atoms with Crippen LogP contribution < -0.4 is 5.32 Å². The first-order valence-corrected chi connectivity index (χ1v) is 8.13. The molecular formula is C18H24N4O. The Hall–Kier alpha value is -2.14. The predicted molar refractivity (Wildman–Crippen MR) is 92.7 cm³/mol. The lowest BCUT2D eigenvalue weighted by Crippen LogP contribution is -2.39. The number of phenolic OH excluding ortho intramolecular Hbond substituents is 1. The molecule has 1 aliphatic rings. The number of aromatic hydroxyl groups is 1. The van der Waals surface area contributed by atoms with E-state index in [1.54, 1.807) is 6.07 Å². The number of nitrogens with zero attached hydrogens (tertiary/aromatic N) is 3. The van der Waals surface area contributed by atoms with E-state index in [1.165, 1.54) is 6.42 Å². The van der Waals surface area contributed by atoms with Gasteiger partial charge in [-0.25, -0.2) is 0 Å². The molecule has 2 heterocycles. The quantitative estimate of drug-likeness (QED) is 0.912.